The zero-order chi connectivity index (χ0) is 73.0. The Bertz CT molecular complexity index is 2850. The van der Waals surface area contributed by atoms with Crippen LogP contribution in [-0.2, 0) is 75.8 Å². The number of fused-ring (bicyclic) bond motifs is 4. The number of ether oxygens (including phenoxy) is 15. The van der Waals surface area contributed by atoms with Crippen LogP contribution in [0.2, 0.25) is 0 Å². The molecule has 1 spiro atoms. The molecule has 10 fully saturated rings. The number of cyclic esters (lactones) is 1. The average molecular weight is 1440 g/mol. The van der Waals surface area contributed by atoms with E-state index in [1.54, 1.807) is 13.0 Å². The predicted molar refractivity (Wildman–Crippen MR) is 333 cm³/mol. The molecule has 0 unspecified atom stereocenters. The smallest absolute Gasteiger partial charge is 0.319 e. The fraction of sp³-hybridized carbons (Fsp3) is 0.925. The van der Waals surface area contributed by atoms with Crippen LogP contribution in [0, 0.1) is 33.5 Å². The van der Waals surface area contributed by atoms with E-state index in [4.69, 9.17) is 71.1 Å². The molecule has 3 saturated carbocycles. The number of methoxy groups -OCH3 is 2. The molecule has 574 valence electrons. The zero-order valence-electron chi connectivity index (χ0n) is 58.0. The number of aliphatic hydroxyl groups excluding tert-OH is 16. The lowest BCUT2D eigenvalue weighted by Gasteiger charge is -2.64. The van der Waals surface area contributed by atoms with Gasteiger partial charge in [0.1, 0.15) is 151 Å². The van der Waals surface area contributed by atoms with Gasteiger partial charge in [-0.2, -0.15) is 0 Å². The van der Waals surface area contributed by atoms with E-state index in [0.717, 1.165) is 11.1 Å². The standard InChI is InChI=1S/C67H108O33/c1-26(2)12-11-16-65(8)66(85)19-18-64(7)28-13-14-35-62(4,5)37(15-17-63(35,6)29(28)20-36(72)67(64,66)61(84)100-65)95-60-54(42(77)34(25-88-60)94-56-47(82)52(40(75)32(23-70)90-56)97-57-45(80)50(86-9)38(73)30(21-68)91-57)99-55-44(79)43(78)49(27(3)89-55)96-59-48(83)53(41(76)33(24-71)93-59)98-58-46(81)51(87-10)39(74)31(22-69)92-58/h12,20,27-28,30-60,68-83,85H,11,13-19,21-25H2,1-10H3/t27-,28-,30-,31-,32-,33-,34-,35+,36+,37+,38-,39-,40-,41-,42+,43-,44-,45-,46-,47-,48-,49-,50+,51+,52+,53+,54-,55+,56+,57+,58+,59+,60+,63-,64+,65+,66+,67-/m1/s1. The van der Waals surface area contributed by atoms with Gasteiger partial charge >= 0.3 is 5.97 Å². The molecule has 7 heterocycles. The zero-order valence-corrected chi connectivity index (χ0v) is 58.0. The largest absolute Gasteiger partial charge is 0.456 e. The van der Waals surface area contributed by atoms with Crippen molar-refractivity contribution in [1.29, 1.82) is 0 Å². The van der Waals surface area contributed by atoms with Gasteiger partial charge in [-0.25, -0.2) is 0 Å². The van der Waals surface area contributed by atoms with E-state index in [-0.39, 0.29) is 18.3 Å². The lowest BCUT2D eigenvalue weighted by atomic mass is 9.40. The Morgan fingerprint density at radius 1 is 0.530 bits per heavy atom. The van der Waals surface area contributed by atoms with Crippen molar-refractivity contribution in [3.05, 3.63) is 23.3 Å². The molecule has 38 atom stereocenters. The van der Waals surface area contributed by atoms with Crippen LogP contribution in [0.1, 0.15) is 107 Å². The fourth-order valence-corrected chi connectivity index (χ4v) is 19.2. The molecule has 7 aliphatic heterocycles. The molecule has 0 radical (unpaired) electrons. The second kappa shape index (κ2) is 30.0. The Labute approximate surface area is 579 Å². The summed E-state index contributed by atoms with van der Waals surface area (Å²) >= 11 is 0. The first-order valence-corrected chi connectivity index (χ1v) is 34.9. The normalized spacial score (nSPS) is 53.1. The third-order valence-corrected chi connectivity index (χ3v) is 24.8. The van der Waals surface area contributed by atoms with Gasteiger partial charge in [-0.05, 0) is 107 Å². The summed E-state index contributed by atoms with van der Waals surface area (Å²) in [5.74, 6) is -1.00. The fourth-order valence-electron chi connectivity index (χ4n) is 19.2. The molecule has 17 N–H and O–H groups in total. The van der Waals surface area contributed by atoms with Gasteiger partial charge < -0.3 is 158 Å². The van der Waals surface area contributed by atoms with Gasteiger partial charge in [0, 0.05) is 14.2 Å². The predicted octanol–water partition coefficient (Wildman–Crippen LogP) is -5.00. The van der Waals surface area contributed by atoms with Crippen LogP contribution in [0.25, 0.3) is 0 Å². The van der Waals surface area contributed by atoms with Crippen LogP contribution in [0.3, 0.4) is 0 Å². The van der Waals surface area contributed by atoms with Gasteiger partial charge in [-0.1, -0.05) is 51.0 Å². The minimum atomic E-state index is -2.10. The first-order valence-electron chi connectivity index (χ1n) is 34.9. The summed E-state index contributed by atoms with van der Waals surface area (Å²) in [4.78, 5) is 14.7. The molecule has 4 aliphatic carbocycles. The lowest BCUT2D eigenvalue weighted by Crippen LogP contribution is -2.68. The molecule has 11 aliphatic rings. The highest BCUT2D eigenvalue weighted by molar-refractivity contribution is 5.86. The van der Waals surface area contributed by atoms with E-state index in [9.17, 15) is 91.6 Å². The van der Waals surface area contributed by atoms with Gasteiger partial charge in [0.05, 0.1) is 51.3 Å². The number of carbonyl (C=O) groups is 1. The molecule has 100 heavy (non-hydrogen) atoms. The van der Waals surface area contributed by atoms with Crippen molar-refractivity contribution in [3.63, 3.8) is 0 Å². The van der Waals surface area contributed by atoms with Crippen molar-refractivity contribution in [2.24, 2.45) is 33.5 Å². The molecule has 0 amide bonds. The summed E-state index contributed by atoms with van der Waals surface area (Å²) in [6.45, 7) is 11.5. The van der Waals surface area contributed by atoms with Crippen LogP contribution >= 0.6 is 0 Å². The van der Waals surface area contributed by atoms with Crippen LogP contribution in [-0.4, -0.2) is 342 Å². The summed E-state index contributed by atoms with van der Waals surface area (Å²) in [7, 11) is 2.35. The Kier molecular flexibility index (Phi) is 23.7. The van der Waals surface area contributed by atoms with Crippen molar-refractivity contribution < 1.29 is 163 Å². The average Bonchev–Trinajstić information content (AvgIpc) is 1.50. The van der Waals surface area contributed by atoms with E-state index < -0.39 is 262 Å². The van der Waals surface area contributed by atoms with E-state index in [0.29, 0.717) is 44.9 Å². The minimum Gasteiger partial charge on any atom is -0.456 e. The highest BCUT2D eigenvalue weighted by Gasteiger charge is 2.85. The van der Waals surface area contributed by atoms with Crippen molar-refractivity contribution >= 4 is 5.97 Å². The molecule has 11 rings (SSSR count). The number of hydrogen-bond acceptors (Lipinski definition) is 33. The second-order valence-corrected chi connectivity index (χ2v) is 30.9. The maximum absolute atomic E-state index is 14.7. The van der Waals surface area contributed by atoms with E-state index in [2.05, 4.69) is 6.92 Å². The topological polar surface area (TPSA) is 499 Å². The highest BCUT2D eigenvalue weighted by Crippen LogP contribution is 2.77. The maximum Gasteiger partial charge on any atom is 0.319 e. The summed E-state index contributed by atoms with van der Waals surface area (Å²) < 4.78 is 89.9. The minimum absolute atomic E-state index is 0.168. The monoisotopic (exact) mass is 1440 g/mol. The number of allylic oxidation sites excluding steroid dienone is 3. The molecule has 0 aromatic carbocycles. The maximum atomic E-state index is 14.7. The molecule has 33 heteroatoms. The molecular formula is C67H108O33. The summed E-state index contributed by atoms with van der Waals surface area (Å²) in [6, 6.07) is 0. The van der Waals surface area contributed by atoms with Gasteiger partial charge in [0.2, 0.25) is 0 Å². The van der Waals surface area contributed by atoms with Crippen molar-refractivity contribution in [2.75, 3.05) is 47.3 Å². The third-order valence-electron chi connectivity index (χ3n) is 24.8. The molecule has 0 aromatic rings. The highest BCUT2D eigenvalue weighted by atomic mass is 16.8. The Hall–Kier alpha value is -2.29. The Balaban J connectivity index is 0.845. The van der Waals surface area contributed by atoms with Crippen LogP contribution in [0.4, 0.5) is 0 Å². The number of esters is 1. The molecule has 0 bridgehead atoms. The number of carbonyl (C=O) groups excluding carboxylic acids is 1. The van der Waals surface area contributed by atoms with Crippen LogP contribution in [0.15, 0.2) is 23.3 Å². The first kappa shape index (κ1) is 78.8. The number of aliphatic hydroxyl groups is 17. The van der Waals surface area contributed by atoms with Gasteiger partial charge in [-0.3, -0.25) is 4.79 Å². The first-order chi connectivity index (χ1) is 47.1. The molecule has 7 saturated heterocycles. The van der Waals surface area contributed by atoms with E-state index >= 15 is 0 Å². The number of rotatable bonds is 21. The number of hydrogen-bond donors (Lipinski definition) is 17. The van der Waals surface area contributed by atoms with Gasteiger partial charge in [0.15, 0.2) is 37.7 Å². The Morgan fingerprint density at radius 3 is 1.50 bits per heavy atom. The van der Waals surface area contributed by atoms with E-state index in [1.807, 2.05) is 40.7 Å². The molecule has 33 nitrogen and oxygen atoms in total. The van der Waals surface area contributed by atoms with Crippen LogP contribution < -0.4 is 0 Å². The second-order valence-electron chi connectivity index (χ2n) is 30.9. The molecular weight excluding hydrogens is 1330 g/mol. The van der Waals surface area contributed by atoms with Crippen molar-refractivity contribution in [2.45, 2.75) is 308 Å². The lowest BCUT2D eigenvalue weighted by molar-refractivity contribution is -0.397. The quantitative estimate of drug-likeness (QED) is 0.0291. The SMILES string of the molecule is CO[C@@H]1[C@@H](O)[C@H](O[C@@H]2[C@@H](O)[C@H](O[C@H]3[C@H](O)[C@@H](O)[C@H](O[C@H]4[C@H](O[C@H]5CC[C@]6(C)C7=C[C@H](O)[C@]89C(=O)O[C@@](C)(CCC=C(C)C)[C@@]8(O)CC[C@@]9(C)[C@@H]7CC[C@H]6C5(C)C)OC[C@@H](O[C@@H]5O[C@H](CO)[C@@H](O)[C@H](O[C@@H]6O[C@H](CO)[C@@H](O)[C@H](OC)[C@H]6O)[C@H]5O)[C@@H]4O)O[C@@H]3C)O[C@H](CO)[C@H]2O)O[C@H](CO)[C@H]1O. The Morgan fingerprint density at radius 2 is 1.00 bits per heavy atom. The summed E-state index contributed by atoms with van der Waals surface area (Å²) in [5.41, 5.74) is -4.78. The van der Waals surface area contributed by atoms with E-state index in [1.165, 1.54) is 21.1 Å². The van der Waals surface area contributed by atoms with Gasteiger partial charge in [0.25, 0.3) is 0 Å². The summed E-state index contributed by atoms with van der Waals surface area (Å²) in [5, 5.41) is 193. The third kappa shape index (κ3) is 12.9. The van der Waals surface area contributed by atoms with Gasteiger partial charge in [-0.15, -0.1) is 0 Å². The van der Waals surface area contributed by atoms with Crippen molar-refractivity contribution in [1.82, 2.24) is 0 Å². The summed E-state index contributed by atoms with van der Waals surface area (Å²) in [6.07, 6.45) is -44.2. The van der Waals surface area contributed by atoms with Crippen LogP contribution in [0.5, 0.6) is 0 Å². The van der Waals surface area contributed by atoms with Crippen molar-refractivity contribution in [3.8, 4) is 0 Å². The molecule has 0 aromatic heterocycles.